The van der Waals surface area contributed by atoms with Crippen molar-refractivity contribution in [3.05, 3.63) is 59.2 Å². The number of nitrogens with zero attached hydrogens (tertiary/aromatic N) is 2. The largest absolute Gasteiger partial charge is 0.497 e. The van der Waals surface area contributed by atoms with Crippen LogP contribution >= 0.6 is 0 Å². The van der Waals surface area contributed by atoms with Gasteiger partial charge < -0.3 is 14.2 Å². The van der Waals surface area contributed by atoms with Crippen LogP contribution in [0.4, 0.5) is 0 Å². The summed E-state index contributed by atoms with van der Waals surface area (Å²) in [5.41, 5.74) is 1.01. The van der Waals surface area contributed by atoms with Crippen molar-refractivity contribution in [2.45, 2.75) is 11.4 Å². The second-order valence-electron chi connectivity index (χ2n) is 7.22. The van der Waals surface area contributed by atoms with Gasteiger partial charge in [0.25, 0.3) is 0 Å². The van der Waals surface area contributed by atoms with Crippen molar-refractivity contribution in [3.8, 4) is 5.75 Å². The second kappa shape index (κ2) is 10.1. The highest BCUT2D eigenvalue weighted by Gasteiger charge is 2.33. The average molecular weight is 463 g/mol. The van der Waals surface area contributed by atoms with Gasteiger partial charge in [-0.15, -0.1) is 0 Å². The number of benzene rings is 2. The Morgan fingerprint density at radius 3 is 2.06 bits per heavy atom. The summed E-state index contributed by atoms with van der Waals surface area (Å²) in [6.45, 7) is 2.23. The third-order valence-corrected chi connectivity index (χ3v) is 7.26. The molecule has 3 rings (SSSR count). The number of piperazine rings is 1. The minimum absolute atomic E-state index is 0.0388. The Morgan fingerprint density at radius 2 is 1.50 bits per heavy atom. The molecule has 0 aliphatic carbocycles. The van der Waals surface area contributed by atoms with Crippen LogP contribution in [0, 0.1) is 0 Å². The minimum atomic E-state index is -4.04. The normalized spacial score (nSPS) is 15.2. The first-order valence-electron chi connectivity index (χ1n) is 9.96. The molecule has 2 aromatic carbocycles. The number of carbonyl (C=O) groups excluding carboxylic acids is 2. The van der Waals surface area contributed by atoms with Crippen LogP contribution in [0.15, 0.2) is 47.4 Å². The summed E-state index contributed by atoms with van der Waals surface area (Å²) in [6.07, 6.45) is 0. The van der Waals surface area contributed by atoms with Gasteiger partial charge >= 0.3 is 11.9 Å². The molecule has 1 saturated heterocycles. The molecule has 9 nitrogen and oxygen atoms in total. The molecule has 1 aliphatic heterocycles. The topological polar surface area (TPSA) is 102 Å². The van der Waals surface area contributed by atoms with E-state index in [0.717, 1.165) is 17.4 Å². The number of esters is 2. The van der Waals surface area contributed by atoms with Crippen LogP contribution in [-0.4, -0.2) is 77.1 Å². The lowest BCUT2D eigenvalue weighted by Crippen LogP contribution is -2.48. The van der Waals surface area contributed by atoms with Crippen LogP contribution in [0.1, 0.15) is 26.3 Å². The van der Waals surface area contributed by atoms with E-state index in [9.17, 15) is 18.0 Å². The van der Waals surface area contributed by atoms with E-state index >= 15 is 0 Å². The summed E-state index contributed by atoms with van der Waals surface area (Å²) in [6, 6.07) is 11.5. The number of ether oxygens (including phenoxy) is 3. The zero-order valence-electron chi connectivity index (χ0n) is 18.2. The van der Waals surface area contributed by atoms with Crippen molar-refractivity contribution >= 4 is 22.0 Å². The lowest BCUT2D eigenvalue weighted by atomic mass is 10.1. The summed E-state index contributed by atoms with van der Waals surface area (Å²) in [5, 5.41) is 0. The lowest BCUT2D eigenvalue weighted by molar-refractivity contribution is 0.0583. The molecule has 0 atom stereocenters. The van der Waals surface area contributed by atoms with Gasteiger partial charge in [-0.05, 0) is 35.9 Å². The van der Waals surface area contributed by atoms with Crippen molar-refractivity contribution in [1.82, 2.24) is 9.21 Å². The molecule has 1 fully saturated rings. The first-order valence-corrected chi connectivity index (χ1v) is 11.4. The fourth-order valence-corrected chi connectivity index (χ4v) is 5.14. The average Bonchev–Trinajstić information content (AvgIpc) is 2.83. The SMILES string of the molecule is COC(=O)c1ccc(C(=O)OC)c(S(=O)(=O)N2CCN(Cc3ccc(OC)cc3)CC2)c1. The van der Waals surface area contributed by atoms with Gasteiger partial charge in [-0.25, -0.2) is 18.0 Å². The van der Waals surface area contributed by atoms with Gasteiger partial charge in [0.2, 0.25) is 10.0 Å². The zero-order chi connectivity index (χ0) is 23.3. The molecule has 0 saturated carbocycles. The predicted octanol–water partition coefficient (Wildman–Crippen LogP) is 1.77. The Morgan fingerprint density at radius 1 is 0.875 bits per heavy atom. The van der Waals surface area contributed by atoms with E-state index in [1.165, 1.54) is 30.7 Å². The van der Waals surface area contributed by atoms with E-state index in [1.807, 2.05) is 24.3 Å². The molecule has 0 spiro atoms. The molecule has 0 amide bonds. The highest BCUT2D eigenvalue weighted by Crippen LogP contribution is 2.25. The Kier molecular flexibility index (Phi) is 7.49. The number of methoxy groups -OCH3 is 3. The van der Waals surface area contributed by atoms with E-state index < -0.39 is 22.0 Å². The molecule has 1 aliphatic rings. The smallest absolute Gasteiger partial charge is 0.339 e. The van der Waals surface area contributed by atoms with Gasteiger partial charge in [0.15, 0.2) is 0 Å². The molecule has 32 heavy (non-hydrogen) atoms. The first kappa shape index (κ1) is 23.7. The number of sulfonamides is 1. The molecule has 0 bridgehead atoms. The van der Waals surface area contributed by atoms with Gasteiger partial charge in [-0.1, -0.05) is 12.1 Å². The third kappa shape index (κ3) is 5.09. The maximum atomic E-state index is 13.4. The van der Waals surface area contributed by atoms with Gasteiger partial charge in [0.1, 0.15) is 5.75 Å². The fraction of sp³-hybridized carbons (Fsp3) is 0.364. The molecular formula is C22H26N2O7S. The standard InChI is InChI=1S/C22H26N2O7S/c1-29-18-7-4-16(5-8-18)15-23-10-12-24(13-11-23)32(27,28)20-14-17(21(25)30-2)6-9-19(20)22(26)31-3/h4-9,14H,10-13,15H2,1-3H3. The maximum Gasteiger partial charge on any atom is 0.339 e. The molecular weight excluding hydrogens is 436 g/mol. The van der Waals surface area contributed by atoms with Crippen molar-refractivity contribution in [3.63, 3.8) is 0 Å². The van der Waals surface area contributed by atoms with Gasteiger partial charge in [0.05, 0.1) is 37.4 Å². The monoisotopic (exact) mass is 462 g/mol. The Hall–Kier alpha value is -2.95. The lowest BCUT2D eigenvalue weighted by Gasteiger charge is -2.34. The molecule has 1 heterocycles. The van der Waals surface area contributed by atoms with Crippen LogP contribution < -0.4 is 4.74 Å². The molecule has 2 aromatic rings. The highest BCUT2D eigenvalue weighted by molar-refractivity contribution is 7.89. The summed E-state index contributed by atoms with van der Waals surface area (Å²) in [7, 11) is -0.0509. The Bertz CT molecular complexity index is 1080. The quantitative estimate of drug-likeness (QED) is 0.574. The molecule has 10 heteroatoms. The molecule has 0 N–H and O–H groups in total. The van der Waals surface area contributed by atoms with E-state index in [1.54, 1.807) is 7.11 Å². The minimum Gasteiger partial charge on any atom is -0.497 e. The second-order valence-corrected chi connectivity index (χ2v) is 9.13. The van der Waals surface area contributed by atoms with Crippen molar-refractivity contribution in [1.29, 1.82) is 0 Å². The Labute approximate surface area is 187 Å². The van der Waals surface area contributed by atoms with Gasteiger partial charge in [0, 0.05) is 32.7 Å². The predicted molar refractivity (Wildman–Crippen MR) is 116 cm³/mol. The highest BCUT2D eigenvalue weighted by atomic mass is 32.2. The van der Waals surface area contributed by atoms with E-state index in [-0.39, 0.29) is 29.1 Å². The summed E-state index contributed by atoms with van der Waals surface area (Å²) in [4.78, 5) is 26.0. The van der Waals surface area contributed by atoms with Gasteiger partial charge in [-0.3, -0.25) is 4.90 Å². The zero-order valence-corrected chi connectivity index (χ0v) is 19.1. The van der Waals surface area contributed by atoms with E-state index in [2.05, 4.69) is 9.64 Å². The summed E-state index contributed by atoms with van der Waals surface area (Å²) in [5.74, 6) is -0.708. The third-order valence-electron chi connectivity index (χ3n) is 5.32. The molecule has 0 radical (unpaired) electrons. The van der Waals surface area contributed by atoms with Crippen LogP contribution in [-0.2, 0) is 26.0 Å². The van der Waals surface area contributed by atoms with Gasteiger partial charge in [-0.2, -0.15) is 4.31 Å². The molecule has 172 valence electrons. The van der Waals surface area contributed by atoms with Crippen molar-refractivity contribution in [2.75, 3.05) is 47.5 Å². The summed E-state index contributed by atoms with van der Waals surface area (Å²) >= 11 is 0. The van der Waals surface area contributed by atoms with Crippen LogP contribution in [0.3, 0.4) is 0 Å². The number of rotatable bonds is 7. The van der Waals surface area contributed by atoms with Crippen LogP contribution in [0.2, 0.25) is 0 Å². The van der Waals surface area contributed by atoms with Crippen molar-refractivity contribution in [2.24, 2.45) is 0 Å². The molecule has 0 unspecified atom stereocenters. The number of hydrogen-bond donors (Lipinski definition) is 0. The van der Waals surface area contributed by atoms with Crippen molar-refractivity contribution < 1.29 is 32.2 Å². The first-order chi connectivity index (χ1) is 15.3. The Balaban J connectivity index is 1.78. The number of carbonyl (C=O) groups is 2. The van der Waals surface area contributed by atoms with Crippen LogP contribution in [0.5, 0.6) is 5.75 Å². The van der Waals surface area contributed by atoms with E-state index in [4.69, 9.17) is 9.47 Å². The summed E-state index contributed by atoms with van der Waals surface area (Å²) < 4.78 is 42.6. The molecule has 0 aromatic heterocycles. The maximum absolute atomic E-state index is 13.4. The number of hydrogen-bond acceptors (Lipinski definition) is 8. The van der Waals surface area contributed by atoms with E-state index in [0.29, 0.717) is 19.6 Å². The fourth-order valence-electron chi connectivity index (χ4n) is 3.52. The van der Waals surface area contributed by atoms with Crippen LogP contribution in [0.25, 0.3) is 0 Å².